The molecule has 0 aliphatic heterocycles. The summed E-state index contributed by atoms with van der Waals surface area (Å²) in [5.74, 6) is -1.39. The van der Waals surface area contributed by atoms with E-state index in [9.17, 15) is 43.2 Å². The third kappa shape index (κ3) is 60.9. The van der Waals surface area contributed by atoms with Crippen molar-refractivity contribution in [3.8, 4) is 0 Å². The summed E-state index contributed by atoms with van der Waals surface area (Å²) in [5.41, 5.74) is 0. The van der Waals surface area contributed by atoms with Crippen molar-refractivity contribution in [1.29, 1.82) is 0 Å². The molecule has 86 heavy (non-hydrogen) atoms. The van der Waals surface area contributed by atoms with Crippen LogP contribution in [0.15, 0.2) is 0 Å². The number of carbonyl (C=O) groups excluding carboxylic acids is 4. The number of carbonyl (C=O) groups is 4. The molecule has 0 aromatic carbocycles. The lowest BCUT2D eigenvalue weighted by Crippen LogP contribution is -2.30. The van der Waals surface area contributed by atoms with E-state index in [4.69, 9.17) is 37.0 Å². The Morgan fingerprint density at radius 3 is 0.791 bits per heavy atom. The lowest BCUT2D eigenvalue weighted by molar-refractivity contribution is -0.161. The van der Waals surface area contributed by atoms with E-state index in [1.807, 2.05) is 0 Å². The largest absolute Gasteiger partial charge is 0.472 e. The molecule has 0 bridgehead atoms. The van der Waals surface area contributed by atoms with Crippen LogP contribution in [0.25, 0.3) is 0 Å². The monoisotopic (exact) mass is 1270 g/mol. The summed E-state index contributed by atoms with van der Waals surface area (Å²) in [6, 6.07) is 0. The topological polar surface area (TPSA) is 237 Å². The summed E-state index contributed by atoms with van der Waals surface area (Å²) >= 11 is 0. The van der Waals surface area contributed by atoms with E-state index in [-0.39, 0.29) is 25.7 Å². The molecule has 0 aromatic rings. The van der Waals surface area contributed by atoms with Crippen LogP contribution in [0.5, 0.6) is 0 Å². The minimum absolute atomic E-state index is 0.106. The maximum atomic E-state index is 13.0. The van der Waals surface area contributed by atoms with E-state index in [0.717, 1.165) is 95.8 Å². The molecule has 510 valence electrons. The number of ether oxygens (including phenoxy) is 4. The van der Waals surface area contributed by atoms with Crippen molar-refractivity contribution < 1.29 is 80.2 Å². The highest BCUT2D eigenvalue weighted by Gasteiger charge is 2.30. The highest BCUT2D eigenvalue weighted by Crippen LogP contribution is 2.45. The molecule has 0 rings (SSSR count). The van der Waals surface area contributed by atoms with Gasteiger partial charge in [-0.15, -0.1) is 0 Å². The molecular formula is C67H130O17P2. The highest BCUT2D eigenvalue weighted by atomic mass is 31.2. The maximum Gasteiger partial charge on any atom is 0.472 e. The third-order valence-corrected chi connectivity index (χ3v) is 17.4. The first kappa shape index (κ1) is 84.1. The first-order valence-electron chi connectivity index (χ1n) is 35.1. The number of phosphoric acid groups is 2. The molecule has 2 unspecified atom stereocenters. The van der Waals surface area contributed by atoms with Crippen LogP contribution in [0.3, 0.4) is 0 Å². The normalized spacial score (nSPS) is 14.2. The molecule has 0 radical (unpaired) electrons. The predicted octanol–water partition coefficient (Wildman–Crippen LogP) is 19.0. The Bertz CT molecular complexity index is 1670. The highest BCUT2D eigenvalue weighted by molar-refractivity contribution is 7.47. The van der Waals surface area contributed by atoms with Gasteiger partial charge in [0.15, 0.2) is 12.2 Å². The zero-order valence-electron chi connectivity index (χ0n) is 55.4. The Hall–Kier alpha value is -1.94. The van der Waals surface area contributed by atoms with E-state index in [2.05, 4.69) is 34.6 Å². The van der Waals surface area contributed by atoms with Crippen LogP contribution in [-0.2, 0) is 65.4 Å². The second-order valence-corrected chi connectivity index (χ2v) is 27.6. The predicted molar refractivity (Wildman–Crippen MR) is 345 cm³/mol. The smallest absolute Gasteiger partial charge is 0.462 e. The van der Waals surface area contributed by atoms with Crippen molar-refractivity contribution in [2.75, 3.05) is 39.6 Å². The van der Waals surface area contributed by atoms with Gasteiger partial charge < -0.3 is 33.8 Å². The molecule has 0 saturated heterocycles. The summed E-state index contributed by atoms with van der Waals surface area (Å²) in [4.78, 5) is 72.4. The zero-order chi connectivity index (χ0) is 63.5. The van der Waals surface area contributed by atoms with Crippen molar-refractivity contribution in [2.45, 2.75) is 361 Å². The van der Waals surface area contributed by atoms with Crippen LogP contribution in [0.4, 0.5) is 0 Å². The van der Waals surface area contributed by atoms with Crippen LogP contribution >= 0.6 is 15.6 Å². The number of hydrogen-bond donors (Lipinski definition) is 3. The van der Waals surface area contributed by atoms with Crippen molar-refractivity contribution in [3.05, 3.63) is 0 Å². The van der Waals surface area contributed by atoms with Gasteiger partial charge in [-0.2, -0.15) is 0 Å². The average Bonchev–Trinajstić information content (AvgIpc) is 3.49. The van der Waals surface area contributed by atoms with Gasteiger partial charge >= 0.3 is 39.5 Å². The lowest BCUT2D eigenvalue weighted by Gasteiger charge is -2.21. The van der Waals surface area contributed by atoms with Gasteiger partial charge in [-0.3, -0.25) is 37.3 Å². The Balaban J connectivity index is 5.25. The average molecular weight is 1270 g/mol. The first-order valence-corrected chi connectivity index (χ1v) is 38.1. The van der Waals surface area contributed by atoms with Crippen LogP contribution in [-0.4, -0.2) is 96.7 Å². The fourth-order valence-electron chi connectivity index (χ4n) is 10.1. The van der Waals surface area contributed by atoms with Crippen LogP contribution < -0.4 is 0 Å². The Morgan fingerprint density at radius 1 is 0.314 bits per heavy atom. The molecule has 0 aliphatic rings. The molecule has 19 heteroatoms. The van der Waals surface area contributed by atoms with Crippen molar-refractivity contribution in [1.82, 2.24) is 0 Å². The van der Waals surface area contributed by atoms with E-state index < -0.39 is 97.5 Å². The van der Waals surface area contributed by atoms with Crippen molar-refractivity contribution in [2.24, 2.45) is 5.92 Å². The molecule has 3 N–H and O–H groups in total. The van der Waals surface area contributed by atoms with Crippen LogP contribution in [0.2, 0.25) is 0 Å². The minimum Gasteiger partial charge on any atom is -0.462 e. The van der Waals surface area contributed by atoms with E-state index in [0.29, 0.717) is 25.7 Å². The van der Waals surface area contributed by atoms with E-state index in [1.54, 1.807) is 0 Å². The fraction of sp³-hybridized carbons (Fsp3) is 0.940. The van der Waals surface area contributed by atoms with Crippen LogP contribution in [0.1, 0.15) is 343 Å². The number of unbranched alkanes of at least 4 members (excludes halogenated alkanes) is 39. The molecular weight excluding hydrogens is 1140 g/mol. The van der Waals surface area contributed by atoms with Gasteiger partial charge in [-0.25, -0.2) is 9.13 Å². The summed E-state index contributed by atoms with van der Waals surface area (Å²) in [6.45, 7) is 7.19. The van der Waals surface area contributed by atoms with E-state index >= 15 is 0 Å². The number of hydrogen-bond acceptors (Lipinski definition) is 15. The van der Waals surface area contributed by atoms with Gasteiger partial charge in [0.2, 0.25) is 0 Å². The second kappa shape index (κ2) is 60.6. The first-order chi connectivity index (χ1) is 41.5. The molecule has 0 aromatic heterocycles. The Kier molecular flexibility index (Phi) is 59.2. The quantitative estimate of drug-likeness (QED) is 0.0222. The van der Waals surface area contributed by atoms with Crippen LogP contribution in [0, 0.1) is 5.92 Å². The minimum atomic E-state index is -4.95. The Morgan fingerprint density at radius 2 is 0.535 bits per heavy atom. The molecule has 0 heterocycles. The summed E-state index contributed by atoms with van der Waals surface area (Å²) in [7, 11) is -9.89. The van der Waals surface area contributed by atoms with Gasteiger partial charge in [0.25, 0.3) is 0 Å². The van der Waals surface area contributed by atoms with Gasteiger partial charge in [-0.1, -0.05) is 291 Å². The summed E-state index contributed by atoms with van der Waals surface area (Å²) < 4.78 is 68.1. The van der Waals surface area contributed by atoms with Gasteiger partial charge in [0, 0.05) is 25.7 Å². The number of aliphatic hydroxyl groups excluding tert-OH is 1. The second-order valence-electron chi connectivity index (χ2n) is 24.7. The SMILES string of the molecule is CCCCCCCCCCCCCCC(=O)OC[C@H](COP(=O)(O)OC[C@@H](O)COP(=O)(O)OC[C@@H](COC(=O)CCCCCCCCCCCCC)OC(=O)CCCCCCCCCCCCC)OC(=O)CCCCCCCCCCCC(C)C. The Labute approximate surface area is 524 Å². The molecule has 0 saturated carbocycles. The molecule has 0 aliphatic carbocycles. The van der Waals surface area contributed by atoms with Gasteiger partial charge in [0.1, 0.15) is 19.3 Å². The number of phosphoric ester groups is 2. The molecule has 0 spiro atoms. The van der Waals surface area contributed by atoms with Crippen molar-refractivity contribution in [3.63, 3.8) is 0 Å². The standard InChI is InChI=1S/C67H130O17P2/c1-6-9-12-15-18-21-24-27-31-36-41-46-51-65(70)78-57-63(84-67(72)53-48-43-38-33-28-29-34-39-44-49-60(4)5)59-82-86(75,76)80-55-61(68)54-79-85(73,74)81-58-62(83-66(71)52-47-42-37-32-26-23-20-17-14-11-8-3)56-77-64(69)50-45-40-35-30-25-22-19-16-13-10-7-2/h60-63,68H,6-59H2,1-5H3,(H,73,74)(H,75,76)/t61-,62+,63+/m0/s1. The van der Waals surface area contributed by atoms with Crippen molar-refractivity contribution >= 4 is 39.5 Å². The van der Waals surface area contributed by atoms with Gasteiger partial charge in [-0.05, 0) is 31.6 Å². The lowest BCUT2D eigenvalue weighted by atomic mass is 10.0. The summed E-state index contributed by atoms with van der Waals surface area (Å²) in [5, 5.41) is 10.6. The molecule has 0 fully saturated rings. The van der Waals surface area contributed by atoms with E-state index in [1.165, 1.54) is 167 Å². The number of esters is 4. The molecule has 5 atom stereocenters. The molecule has 0 amide bonds. The number of rotatable bonds is 67. The zero-order valence-corrected chi connectivity index (χ0v) is 57.2. The van der Waals surface area contributed by atoms with Gasteiger partial charge in [0.05, 0.1) is 26.4 Å². The third-order valence-electron chi connectivity index (χ3n) is 15.5. The molecule has 17 nitrogen and oxygen atoms in total. The maximum absolute atomic E-state index is 13.0. The summed E-state index contributed by atoms with van der Waals surface area (Å²) in [6.07, 6.45) is 45.6. The number of aliphatic hydroxyl groups is 1. The fourth-order valence-corrected chi connectivity index (χ4v) is 11.7.